The van der Waals surface area contributed by atoms with Crippen LogP contribution in [0.25, 0.3) is 0 Å². The average Bonchev–Trinajstić information content (AvgIpc) is 2.49. The fourth-order valence-corrected chi connectivity index (χ4v) is 2.76. The number of nitrogens with zero attached hydrogens (tertiary/aromatic N) is 4. The van der Waals surface area contributed by atoms with Crippen LogP contribution in [0.2, 0.25) is 0 Å². The molecule has 0 radical (unpaired) electrons. The molecular weight excluding hydrogens is 250 g/mol. The Kier molecular flexibility index (Phi) is 4.94. The Morgan fingerprint density at radius 1 is 1.30 bits per heavy atom. The monoisotopic (exact) mass is 277 g/mol. The zero-order valence-electron chi connectivity index (χ0n) is 13.1. The molecule has 0 aromatic carbocycles. The van der Waals surface area contributed by atoms with Crippen LogP contribution in [0.1, 0.15) is 37.8 Å². The second-order valence-electron chi connectivity index (χ2n) is 6.35. The molecule has 0 aliphatic carbocycles. The minimum absolute atomic E-state index is 0.233. The van der Waals surface area contributed by atoms with Crippen molar-refractivity contribution in [1.82, 2.24) is 19.8 Å². The van der Waals surface area contributed by atoms with Crippen LogP contribution in [-0.4, -0.2) is 53.5 Å². The standard InChI is InChI=1S/C15H27N5/c1-11(2)8-12-9-14(16)18-15(17-12)13-10-19(3)6-5-7-20(13)4/h9,11,13H,5-8,10H2,1-4H3,(H2,16,17,18). The molecule has 1 aliphatic rings. The molecule has 1 saturated heterocycles. The smallest absolute Gasteiger partial charge is 0.149 e. The van der Waals surface area contributed by atoms with E-state index in [4.69, 9.17) is 10.7 Å². The molecule has 5 heteroatoms. The molecule has 1 fully saturated rings. The number of nitrogens with two attached hydrogens (primary N) is 1. The molecular formula is C15H27N5. The van der Waals surface area contributed by atoms with Gasteiger partial charge in [-0.1, -0.05) is 13.8 Å². The third-order valence-corrected chi connectivity index (χ3v) is 3.80. The van der Waals surface area contributed by atoms with Crippen molar-refractivity contribution in [2.24, 2.45) is 5.92 Å². The van der Waals surface area contributed by atoms with Gasteiger partial charge < -0.3 is 10.6 Å². The highest BCUT2D eigenvalue weighted by atomic mass is 15.2. The maximum atomic E-state index is 5.98. The van der Waals surface area contributed by atoms with E-state index in [1.165, 1.54) is 6.42 Å². The Morgan fingerprint density at radius 3 is 2.75 bits per heavy atom. The van der Waals surface area contributed by atoms with Crippen molar-refractivity contribution >= 4 is 5.82 Å². The van der Waals surface area contributed by atoms with Gasteiger partial charge in [0.05, 0.1) is 6.04 Å². The van der Waals surface area contributed by atoms with Gasteiger partial charge in [-0.25, -0.2) is 9.97 Å². The quantitative estimate of drug-likeness (QED) is 0.908. The summed E-state index contributed by atoms with van der Waals surface area (Å²) in [6.07, 6.45) is 2.14. The molecule has 112 valence electrons. The summed E-state index contributed by atoms with van der Waals surface area (Å²) in [6, 6.07) is 2.14. The zero-order chi connectivity index (χ0) is 14.7. The molecule has 0 spiro atoms. The second-order valence-corrected chi connectivity index (χ2v) is 6.35. The summed E-state index contributed by atoms with van der Waals surface area (Å²) in [7, 11) is 4.31. The summed E-state index contributed by atoms with van der Waals surface area (Å²) in [4.78, 5) is 13.9. The maximum absolute atomic E-state index is 5.98. The van der Waals surface area contributed by atoms with Gasteiger partial charge in [-0.15, -0.1) is 0 Å². The number of aromatic nitrogens is 2. The van der Waals surface area contributed by atoms with E-state index in [0.717, 1.165) is 37.6 Å². The lowest BCUT2D eigenvalue weighted by Crippen LogP contribution is -2.32. The Morgan fingerprint density at radius 2 is 2.05 bits per heavy atom. The van der Waals surface area contributed by atoms with Gasteiger partial charge in [0.1, 0.15) is 11.6 Å². The first-order chi connectivity index (χ1) is 9.45. The Hall–Kier alpha value is -1.20. The highest BCUT2D eigenvalue weighted by Crippen LogP contribution is 2.22. The van der Waals surface area contributed by atoms with Gasteiger partial charge in [-0.05, 0) is 45.9 Å². The fourth-order valence-electron chi connectivity index (χ4n) is 2.76. The number of rotatable bonds is 3. The van der Waals surface area contributed by atoms with E-state index >= 15 is 0 Å². The zero-order valence-corrected chi connectivity index (χ0v) is 13.1. The van der Waals surface area contributed by atoms with Crippen molar-refractivity contribution in [1.29, 1.82) is 0 Å². The molecule has 0 bridgehead atoms. The van der Waals surface area contributed by atoms with Gasteiger partial charge in [-0.3, -0.25) is 4.90 Å². The number of likely N-dealkylation sites (N-methyl/N-ethyl adjacent to an activating group) is 2. The molecule has 1 atom stereocenters. The van der Waals surface area contributed by atoms with Crippen LogP contribution >= 0.6 is 0 Å². The van der Waals surface area contributed by atoms with Crippen LogP contribution in [-0.2, 0) is 6.42 Å². The van der Waals surface area contributed by atoms with E-state index in [-0.39, 0.29) is 6.04 Å². The summed E-state index contributed by atoms with van der Waals surface area (Å²) in [5.41, 5.74) is 7.04. The third kappa shape index (κ3) is 3.90. The van der Waals surface area contributed by atoms with Gasteiger partial charge in [0.15, 0.2) is 0 Å². The van der Waals surface area contributed by atoms with Gasteiger partial charge in [-0.2, -0.15) is 0 Å². The van der Waals surface area contributed by atoms with Crippen molar-refractivity contribution in [3.63, 3.8) is 0 Å². The molecule has 5 nitrogen and oxygen atoms in total. The van der Waals surface area contributed by atoms with E-state index in [1.54, 1.807) is 0 Å². The van der Waals surface area contributed by atoms with E-state index in [1.807, 2.05) is 6.07 Å². The van der Waals surface area contributed by atoms with Crippen molar-refractivity contribution in [3.05, 3.63) is 17.6 Å². The first-order valence-electron chi connectivity index (χ1n) is 7.48. The highest BCUT2D eigenvalue weighted by Gasteiger charge is 2.25. The summed E-state index contributed by atoms with van der Waals surface area (Å²) in [5.74, 6) is 2.04. The third-order valence-electron chi connectivity index (χ3n) is 3.80. The lowest BCUT2D eigenvalue weighted by Gasteiger charge is -2.26. The molecule has 2 rings (SSSR count). The van der Waals surface area contributed by atoms with Crippen LogP contribution in [0.5, 0.6) is 0 Å². The van der Waals surface area contributed by atoms with E-state index < -0.39 is 0 Å². The molecule has 1 aromatic heterocycles. The van der Waals surface area contributed by atoms with Crippen molar-refractivity contribution < 1.29 is 0 Å². The van der Waals surface area contributed by atoms with Crippen LogP contribution < -0.4 is 5.73 Å². The van der Waals surface area contributed by atoms with Crippen LogP contribution in [0.15, 0.2) is 6.07 Å². The first-order valence-corrected chi connectivity index (χ1v) is 7.48. The topological polar surface area (TPSA) is 58.3 Å². The fraction of sp³-hybridized carbons (Fsp3) is 0.733. The molecule has 1 unspecified atom stereocenters. The molecule has 2 heterocycles. The van der Waals surface area contributed by atoms with Gasteiger partial charge >= 0.3 is 0 Å². The number of hydrogen-bond donors (Lipinski definition) is 1. The Bertz CT molecular complexity index is 446. The van der Waals surface area contributed by atoms with E-state index in [2.05, 4.69) is 42.7 Å². The van der Waals surface area contributed by atoms with Gasteiger partial charge in [0.2, 0.25) is 0 Å². The van der Waals surface area contributed by atoms with Crippen molar-refractivity contribution in [3.8, 4) is 0 Å². The largest absolute Gasteiger partial charge is 0.384 e. The predicted molar refractivity (Wildman–Crippen MR) is 82.5 cm³/mol. The molecule has 0 amide bonds. The molecule has 2 N–H and O–H groups in total. The van der Waals surface area contributed by atoms with Crippen LogP contribution in [0.3, 0.4) is 0 Å². The number of hydrogen-bond acceptors (Lipinski definition) is 5. The predicted octanol–water partition coefficient (Wildman–Crippen LogP) is 1.57. The SMILES string of the molecule is CC(C)Cc1cc(N)nc(C2CN(C)CCCN2C)n1. The normalized spacial score (nSPS) is 22.1. The molecule has 0 saturated carbocycles. The lowest BCUT2D eigenvalue weighted by atomic mass is 10.1. The minimum atomic E-state index is 0.233. The highest BCUT2D eigenvalue weighted by molar-refractivity contribution is 5.30. The minimum Gasteiger partial charge on any atom is -0.384 e. The maximum Gasteiger partial charge on any atom is 0.149 e. The average molecular weight is 277 g/mol. The van der Waals surface area contributed by atoms with Crippen molar-refractivity contribution in [2.75, 3.05) is 39.5 Å². The lowest BCUT2D eigenvalue weighted by molar-refractivity contribution is 0.219. The summed E-state index contributed by atoms with van der Waals surface area (Å²) >= 11 is 0. The molecule has 1 aliphatic heterocycles. The van der Waals surface area contributed by atoms with Crippen LogP contribution in [0, 0.1) is 5.92 Å². The van der Waals surface area contributed by atoms with Crippen molar-refractivity contribution in [2.45, 2.75) is 32.7 Å². The van der Waals surface area contributed by atoms with Gasteiger partial charge in [0.25, 0.3) is 0 Å². The molecule has 1 aromatic rings. The summed E-state index contributed by atoms with van der Waals surface area (Å²) in [5, 5.41) is 0. The summed E-state index contributed by atoms with van der Waals surface area (Å²) in [6.45, 7) is 7.56. The van der Waals surface area contributed by atoms with E-state index in [9.17, 15) is 0 Å². The Labute approximate surface area is 122 Å². The van der Waals surface area contributed by atoms with Gasteiger partial charge in [0, 0.05) is 18.3 Å². The number of anilines is 1. The van der Waals surface area contributed by atoms with Crippen LogP contribution in [0.4, 0.5) is 5.82 Å². The first kappa shape index (κ1) is 15.2. The van der Waals surface area contributed by atoms with E-state index in [0.29, 0.717) is 11.7 Å². The summed E-state index contributed by atoms with van der Waals surface area (Å²) < 4.78 is 0. The Balaban J connectivity index is 2.27. The molecule has 20 heavy (non-hydrogen) atoms. The number of nitrogen functional groups attached to an aromatic ring is 1. The second kappa shape index (κ2) is 6.50.